The Morgan fingerprint density at radius 1 is 1.67 bits per heavy atom. The van der Waals surface area contributed by atoms with Crippen molar-refractivity contribution in [2.45, 2.75) is 5.38 Å². The van der Waals surface area contributed by atoms with Crippen LogP contribution in [0.15, 0.2) is 19.1 Å². The van der Waals surface area contributed by atoms with E-state index in [9.17, 15) is 8.78 Å². The molecule has 82 valence electrons. The van der Waals surface area contributed by atoms with Gasteiger partial charge in [-0.1, -0.05) is 6.58 Å². The Labute approximate surface area is 89.9 Å². The molecular weight excluding hydrogens is 228 g/mol. The number of hydrogen-bond acceptors (Lipinski definition) is 4. The molecule has 0 amide bonds. The molecule has 0 bridgehead atoms. The Bertz CT molecular complexity index is 367. The molecule has 0 fully saturated rings. The van der Waals surface area contributed by atoms with E-state index in [0.29, 0.717) is 0 Å². The van der Waals surface area contributed by atoms with Crippen molar-refractivity contribution in [1.29, 1.82) is 0 Å². The SMILES string of the molecule is C=C(NOC)c1cncnc1C(F)(F)Cl. The van der Waals surface area contributed by atoms with Crippen LogP contribution in [0.2, 0.25) is 0 Å². The lowest BCUT2D eigenvalue weighted by Crippen LogP contribution is -2.16. The minimum atomic E-state index is -3.57. The summed E-state index contributed by atoms with van der Waals surface area (Å²) in [5.74, 6) is 0. The average Bonchev–Trinajstić information content (AvgIpc) is 2.17. The highest BCUT2D eigenvalue weighted by Gasteiger charge is 2.33. The number of halogens is 3. The van der Waals surface area contributed by atoms with Gasteiger partial charge in [0.25, 0.3) is 0 Å². The number of alkyl halides is 3. The molecule has 0 aliphatic carbocycles. The highest BCUT2D eigenvalue weighted by atomic mass is 35.5. The van der Waals surface area contributed by atoms with Gasteiger partial charge >= 0.3 is 5.38 Å². The Hall–Kier alpha value is -1.27. The molecule has 4 nitrogen and oxygen atoms in total. The zero-order valence-corrected chi connectivity index (χ0v) is 8.55. The van der Waals surface area contributed by atoms with Crippen LogP contribution in [-0.2, 0) is 10.2 Å². The van der Waals surface area contributed by atoms with E-state index in [1.54, 1.807) is 0 Å². The van der Waals surface area contributed by atoms with E-state index in [-0.39, 0.29) is 11.3 Å². The van der Waals surface area contributed by atoms with Crippen molar-refractivity contribution >= 4 is 17.3 Å². The standard InChI is InChI=1S/C8H8ClF2N3O/c1-5(14-15-2)6-3-12-4-13-7(6)8(9,10)11/h3-4,14H,1H2,2H3. The molecule has 1 heterocycles. The molecule has 0 aliphatic rings. The van der Waals surface area contributed by atoms with Crippen LogP contribution in [-0.4, -0.2) is 17.1 Å². The smallest absolute Gasteiger partial charge is 0.279 e. The maximum Gasteiger partial charge on any atom is 0.365 e. The van der Waals surface area contributed by atoms with Crippen LogP contribution < -0.4 is 5.48 Å². The second-order valence-electron chi connectivity index (χ2n) is 2.57. The quantitative estimate of drug-likeness (QED) is 0.640. The Morgan fingerprint density at radius 3 is 2.87 bits per heavy atom. The normalized spacial score (nSPS) is 11.2. The highest BCUT2D eigenvalue weighted by Crippen LogP contribution is 2.34. The van der Waals surface area contributed by atoms with Crippen molar-refractivity contribution in [3.63, 3.8) is 0 Å². The van der Waals surface area contributed by atoms with Crippen molar-refractivity contribution in [2.24, 2.45) is 0 Å². The van der Waals surface area contributed by atoms with Crippen molar-refractivity contribution in [3.05, 3.63) is 30.4 Å². The Kier molecular flexibility index (Phi) is 3.54. The summed E-state index contributed by atoms with van der Waals surface area (Å²) in [6, 6.07) is 0. The largest absolute Gasteiger partial charge is 0.365 e. The number of hydrogen-bond donors (Lipinski definition) is 1. The molecule has 0 spiro atoms. The van der Waals surface area contributed by atoms with Crippen LogP contribution in [0.3, 0.4) is 0 Å². The molecule has 0 radical (unpaired) electrons. The molecule has 15 heavy (non-hydrogen) atoms. The zero-order chi connectivity index (χ0) is 11.5. The van der Waals surface area contributed by atoms with Crippen LogP contribution in [0, 0.1) is 0 Å². The van der Waals surface area contributed by atoms with Gasteiger partial charge in [-0.15, -0.1) is 0 Å². The van der Waals surface area contributed by atoms with Crippen LogP contribution in [0.1, 0.15) is 11.3 Å². The Balaban J connectivity index is 3.12. The number of nitrogens with one attached hydrogen (secondary N) is 1. The van der Waals surface area contributed by atoms with Crippen LogP contribution in [0.4, 0.5) is 8.78 Å². The molecular formula is C8H8ClF2N3O. The maximum atomic E-state index is 12.9. The van der Waals surface area contributed by atoms with Crippen molar-refractivity contribution in [1.82, 2.24) is 15.4 Å². The molecule has 0 unspecified atom stereocenters. The predicted octanol–water partition coefficient (Wildman–Crippen LogP) is 1.89. The fourth-order valence-electron chi connectivity index (χ4n) is 0.955. The van der Waals surface area contributed by atoms with Crippen LogP contribution in [0.25, 0.3) is 5.70 Å². The van der Waals surface area contributed by atoms with Crippen molar-refractivity contribution < 1.29 is 13.6 Å². The first-order chi connectivity index (χ1) is 6.96. The first-order valence-corrected chi connectivity index (χ1v) is 4.20. The molecule has 0 saturated carbocycles. The number of rotatable bonds is 4. The topological polar surface area (TPSA) is 47.0 Å². The third kappa shape index (κ3) is 2.84. The third-order valence-corrected chi connectivity index (χ3v) is 1.71. The van der Waals surface area contributed by atoms with Gasteiger partial charge in [-0.2, -0.15) is 8.78 Å². The molecule has 0 aromatic carbocycles. The number of aromatic nitrogens is 2. The van der Waals surface area contributed by atoms with Crippen molar-refractivity contribution in [3.8, 4) is 0 Å². The summed E-state index contributed by atoms with van der Waals surface area (Å²) >= 11 is 4.87. The Morgan fingerprint density at radius 2 is 2.33 bits per heavy atom. The second kappa shape index (κ2) is 4.50. The van der Waals surface area contributed by atoms with Gasteiger partial charge in [0.05, 0.1) is 12.8 Å². The molecule has 0 saturated heterocycles. The van der Waals surface area contributed by atoms with E-state index in [1.807, 2.05) is 0 Å². The van der Waals surface area contributed by atoms with E-state index >= 15 is 0 Å². The summed E-state index contributed by atoms with van der Waals surface area (Å²) < 4.78 is 25.8. The van der Waals surface area contributed by atoms with Crippen LogP contribution >= 0.6 is 11.6 Å². The summed E-state index contributed by atoms with van der Waals surface area (Å²) in [5, 5.41) is -3.57. The summed E-state index contributed by atoms with van der Waals surface area (Å²) in [6.45, 7) is 3.48. The number of nitrogens with zero attached hydrogens (tertiary/aromatic N) is 2. The van der Waals surface area contributed by atoms with E-state index in [0.717, 1.165) is 6.33 Å². The molecule has 1 rings (SSSR count). The lowest BCUT2D eigenvalue weighted by Gasteiger charge is -2.13. The predicted molar refractivity (Wildman–Crippen MR) is 51.0 cm³/mol. The monoisotopic (exact) mass is 235 g/mol. The maximum absolute atomic E-state index is 12.9. The summed E-state index contributed by atoms with van der Waals surface area (Å²) in [4.78, 5) is 11.5. The van der Waals surface area contributed by atoms with Crippen LogP contribution in [0.5, 0.6) is 0 Å². The molecule has 0 atom stereocenters. The summed E-state index contributed by atoms with van der Waals surface area (Å²) in [6.07, 6.45) is 2.15. The molecule has 1 N–H and O–H groups in total. The van der Waals surface area contributed by atoms with Gasteiger partial charge in [0.2, 0.25) is 0 Å². The van der Waals surface area contributed by atoms with Gasteiger partial charge in [-0.25, -0.2) is 9.97 Å². The van der Waals surface area contributed by atoms with Gasteiger partial charge in [-0.05, 0) is 11.6 Å². The first-order valence-electron chi connectivity index (χ1n) is 3.82. The molecule has 1 aromatic heterocycles. The lowest BCUT2D eigenvalue weighted by atomic mass is 10.2. The molecule has 1 aromatic rings. The van der Waals surface area contributed by atoms with E-state index < -0.39 is 11.1 Å². The third-order valence-electron chi connectivity index (χ3n) is 1.53. The first kappa shape index (κ1) is 11.8. The van der Waals surface area contributed by atoms with Crippen molar-refractivity contribution in [2.75, 3.05) is 7.11 Å². The summed E-state index contributed by atoms with van der Waals surface area (Å²) in [7, 11) is 1.33. The highest BCUT2D eigenvalue weighted by molar-refractivity contribution is 6.21. The minimum absolute atomic E-state index is 0.000602. The number of hydroxylamine groups is 1. The second-order valence-corrected chi connectivity index (χ2v) is 3.04. The lowest BCUT2D eigenvalue weighted by molar-refractivity contribution is 0.0886. The zero-order valence-electron chi connectivity index (χ0n) is 7.80. The summed E-state index contributed by atoms with van der Waals surface area (Å²) in [5.41, 5.74) is 1.80. The van der Waals surface area contributed by atoms with E-state index in [2.05, 4.69) is 26.9 Å². The van der Waals surface area contributed by atoms with Gasteiger partial charge < -0.3 is 0 Å². The fourth-order valence-corrected chi connectivity index (χ4v) is 1.11. The van der Waals surface area contributed by atoms with Gasteiger partial charge in [0.1, 0.15) is 12.0 Å². The molecule has 0 aliphatic heterocycles. The van der Waals surface area contributed by atoms with Gasteiger partial charge in [0, 0.05) is 11.8 Å². The van der Waals surface area contributed by atoms with Gasteiger partial charge in [0.15, 0.2) is 0 Å². The van der Waals surface area contributed by atoms with Gasteiger partial charge in [-0.3, -0.25) is 10.3 Å². The molecule has 7 heteroatoms. The van der Waals surface area contributed by atoms with E-state index in [4.69, 9.17) is 11.6 Å². The fraction of sp³-hybridized carbons (Fsp3) is 0.250. The van der Waals surface area contributed by atoms with E-state index in [1.165, 1.54) is 13.3 Å². The average molecular weight is 236 g/mol. The minimum Gasteiger partial charge on any atom is -0.279 e.